The van der Waals surface area contributed by atoms with Gasteiger partial charge < -0.3 is 0 Å². The summed E-state index contributed by atoms with van der Waals surface area (Å²) in [6.45, 7) is 5.92. The third kappa shape index (κ3) is 1.33. The average molecular weight is 201 g/mol. The highest BCUT2D eigenvalue weighted by atomic mass is 15.2. The van der Waals surface area contributed by atoms with Crippen molar-refractivity contribution in [3.63, 3.8) is 0 Å². The molecule has 2 bridgehead atoms. The molecule has 15 heavy (non-hydrogen) atoms. The Morgan fingerprint density at radius 3 is 2.60 bits per heavy atom. The van der Waals surface area contributed by atoms with Crippen LogP contribution in [0.25, 0.3) is 0 Å². The molecule has 1 saturated heterocycles. The Bertz CT molecular complexity index is 369. The van der Waals surface area contributed by atoms with E-state index in [0.717, 1.165) is 5.92 Å². The zero-order valence-corrected chi connectivity index (χ0v) is 9.61. The summed E-state index contributed by atoms with van der Waals surface area (Å²) in [6, 6.07) is 10.4. The highest BCUT2D eigenvalue weighted by Gasteiger charge is 2.38. The quantitative estimate of drug-likeness (QED) is 0.673. The lowest BCUT2D eigenvalue weighted by Crippen LogP contribution is -2.45. The first-order chi connectivity index (χ1) is 7.27. The lowest BCUT2D eigenvalue weighted by Gasteiger charge is -2.48. The first-order valence-electron chi connectivity index (χ1n) is 6.12. The van der Waals surface area contributed by atoms with Gasteiger partial charge in [0.05, 0.1) is 0 Å². The van der Waals surface area contributed by atoms with Crippen molar-refractivity contribution >= 4 is 0 Å². The molecule has 2 aliphatic heterocycles. The molecular weight excluding hydrogens is 182 g/mol. The van der Waals surface area contributed by atoms with Gasteiger partial charge in [-0.05, 0) is 43.7 Å². The highest BCUT2D eigenvalue weighted by Crippen LogP contribution is 2.47. The maximum absolute atomic E-state index is 2.68. The van der Waals surface area contributed by atoms with Gasteiger partial charge in [-0.1, -0.05) is 24.3 Å². The van der Waals surface area contributed by atoms with Gasteiger partial charge in [0, 0.05) is 18.6 Å². The number of hydrogen-bond acceptors (Lipinski definition) is 1. The SMILES string of the molecule is CC(C)N1CC2CCC1c1ccccc12. The number of nitrogens with zero attached hydrogens (tertiary/aromatic N) is 1. The van der Waals surface area contributed by atoms with E-state index >= 15 is 0 Å². The molecule has 0 spiro atoms. The van der Waals surface area contributed by atoms with Crippen LogP contribution in [0.5, 0.6) is 0 Å². The minimum absolute atomic E-state index is 0.686. The van der Waals surface area contributed by atoms with Crippen molar-refractivity contribution in [1.29, 1.82) is 0 Å². The molecule has 2 atom stereocenters. The van der Waals surface area contributed by atoms with Crippen molar-refractivity contribution in [2.24, 2.45) is 0 Å². The molecule has 0 N–H and O–H groups in total. The van der Waals surface area contributed by atoms with E-state index in [1.165, 1.54) is 19.4 Å². The normalized spacial score (nSPS) is 29.5. The second-order valence-corrected chi connectivity index (χ2v) is 5.21. The Hall–Kier alpha value is -0.820. The zero-order valence-electron chi connectivity index (χ0n) is 9.61. The number of hydrogen-bond donors (Lipinski definition) is 0. The molecule has 2 unspecified atom stereocenters. The summed E-state index contributed by atoms with van der Waals surface area (Å²) in [5.74, 6) is 0.800. The van der Waals surface area contributed by atoms with Gasteiger partial charge in [-0.15, -0.1) is 0 Å². The molecule has 2 heterocycles. The Morgan fingerprint density at radius 2 is 1.87 bits per heavy atom. The molecule has 1 fully saturated rings. The van der Waals surface area contributed by atoms with Crippen molar-refractivity contribution in [2.45, 2.75) is 44.7 Å². The van der Waals surface area contributed by atoms with E-state index in [0.29, 0.717) is 12.1 Å². The lowest BCUT2D eigenvalue weighted by atomic mass is 9.74. The van der Waals surface area contributed by atoms with E-state index in [1.807, 2.05) is 0 Å². The molecule has 4 rings (SSSR count). The molecule has 0 amide bonds. The van der Waals surface area contributed by atoms with Crippen LogP contribution < -0.4 is 0 Å². The molecule has 1 heteroatoms. The maximum Gasteiger partial charge on any atom is 0.0354 e. The summed E-state index contributed by atoms with van der Waals surface area (Å²) in [7, 11) is 0. The minimum Gasteiger partial charge on any atom is -0.293 e. The van der Waals surface area contributed by atoms with E-state index in [1.54, 1.807) is 11.1 Å². The molecule has 0 radical (unpaired) electrons. The summed E-state index contributed by atoms with van der Waals surface area (Å²) in [6.07, 6.45) is 2.75. The van der Waals surface area contributed by atoms with E-state index in [2.05, 4.69) is 43.0 Å². The van der Waals surface area contributed by atoms with Crippen molar-refractivity contribution in [3.8, 4) is 0 Å². The van der Waals surface area contributed by atoms with E-state index in [4.69, 9.17) is 0 Å². The highest BCUT2D eigenvalue weighted by molar-refractivity contribution is 5.38. The van der Waals surface area contributed by atoms with Gasteiger partial charge in [0.2, 0.25) is 0 Å². The van der Waals surface area contributed by atoms with Crippen LogP contribution in [0.15, 0.2) is 24.3 Å². The van der Waals surface area contributed by atoms with Crippen molar-refractivity contribution < 1.29 is 0 Å². The van der Waals surface area contributed by atoms with Crippen LogP contribution in [0.3, 0.4) is 0 Å². The molecule has 1 nitrogen and oxygen atoms in total. The molecule has 0 aromatic heterocycles. The third-order valence-electron chi connectivity index (χ3n) is 4.08. The molecule has 1 aromatic carbocycles. The van der Waals surface area contributed by atoms with Crippen LogP contribution in [0.4, 0.5) is 0 Å². The van der Waals surface area contributed by atoms with Gasteiger partial charge in [-0.3, -0.25) is 4.90 Å². The standard InChI is InChI=1S/C14H19N/c1-10(2)15-9-11-7-8-14(15)13-6-4-3-5-12(11)13/h3-6,10-11,14H,7-9H2,1-2H3. The van der Waals surface area contributed by atoms with Gasteiger partial charge in [0.1, 0.15) is 0 Å². The monoisotopic (exact) mass is 201 g/mol. The average Bonchev–Trinajstić information content (AvgIpc) is 2.30. The van der Waals surface area contributed by atoms with Crippen molar-refractivity contribution in [3.05, 3.63) is 35.4 Å². The Balaban J connectivity index is 2.05. The number of benzene rings is 1. The Labute approximate surface area is 92.1 Å². The summed E-state index contributed by atoms with van der Waals surface area (Å²) >= 11 is 0. The number of fused-ring (bicyclic) bond motifs is 2. The molecule has 1 aromatic rings. The van der Waals surface area contributed by atoms with Crippen molar-refractivity contribution in [2.75, 3.05) is 6.54 Å². The third-order valence-corrected chi connectivity index (χ3v) is 4.08. The fraction of sp³-hybridized carbons (Fsp3) is 0.571. The Kier molecular flexibility index (Phi) is 2.10. The van der Waals surface area contributed by atoms with Crippen LogP contribution in [0.1, 0.15) is 49.8 Å². The van der Waals surface area contributed by atoms with Gasteiger partial charge in [-0.25, -0.2) is 0 Å². The second-order valence-electron chi connectivity index (χ2n) is 5.21. The van der Waals surface area contributed by atoms with E-state index in [9.17, 15) is 0 Å². The zero-order chi connectivity index (χ0) is 10.4. The van der Waals surface area contributed by atoms with E-state index in [-0.39, 0.29) is 0 Å². The van der Waals surface area contributed by atoms with E-state index < -0.39 is 0 Å². The minimum atomic E-state index is 0.686. The summed E-state index contributed by atoms with van der Waals surface area (Å²) in [4.78, 5) is 2.68. The van der Waals surface area contributed by atoms with Gasteiger partial charge in [0.15, 0.2) is 0 Å². The molecule has 80 valence electrons. The summed E-state index contributed by atoms with van der Waals surface area (Å²) in [5.41, 5.74) is 3.24. The van der Waals surface area contributed by atoms with Crippen LogP contribution in [-0.4, -0.2) is 17.5 Å². The second kappa shape index (κ2) is 3.34. The van der Waals surface area contributed by atoms with Crippen LogP contribution in [0, 0.1) is 0 Å². The summed E-state index contributed by atoms with van der Waals surface area (Å²) in [5, 5.41) is 0. The number of piperidine rings is 1. The van der Waals surface area contributed by atoms with Gasteiger partial charge in [0.25, 0.3) is 0 Å². The molecule has 0 saturated carbocycles. The van der Waals surface area contributed by atoms with Crippen molar-refractivity contribution in [1.82, 2.24) is 4.90 Å². The van der Waals surface area contributed by atoms with Crippen LogP contribution in [-0.2, 0) is 0 Å². The smallest absolute Gasteiger partial charge is 0.0354 e. The fourth-order valence-electron chi connectivity index (χ4n) is 3.34. The number of rotatable bonds is 1. The summed E-state index contributed by atoms with van der Waals surface area (Å²) < 4.78 is 0. The van der Waals surface area contributed by atoms with Crippen LogP contribution >= 0.6 is 0 Å². The predicted molar refractivity (Wildman–Crippen MR) is 63.0 cm³/mol. The molecule has 3 aliphatic rings. The first kappa shape index (κ1) is 9.41. The van der Waals surface area contributed by atoms with Gasteiger partial charge in [-0.2, -0.15) is 0 Å². The van der Waals surface area contributed by atoms with Gasteiger partial charge >= 0.3 is 0 Å². The largest absolute Gasteiger partial charge is 0.293 e. The Morgan fingerprint density at radius 1 is 1.13 bits per heavy atom. The predicted octanol–water partition coefficient (Wildman–Crippen LogP) is 3.33. The van der Waals surface area contributed by atoms with Crippen LogP contribution in [0.2, 0.25) is 0 Å². The molecular formula is C14H19N. The first-order valence-corrected chi connectivity index (χ1v) is 6.12. The maximum atomic E-state index is 2.68. The lowest BCUT2D eigenvalue weighted by molar-refractivity contribution is 0.0806. The fourth-order valence-corrected chi connectivity index (χ4v) is 3.34. The topological polar surface area (TPSA) is 3.24 Å². The molecule has 1 aliphatic carbocycles.